The van der Waals surface area contributed by atoms with Crippen LogP contribution in [0.5, 0.6) is 0 Å². The first-order valence-electron chi connectivity index (χ1n) is 10.0. The van der Waals surface area contributed by atoms with Crippen LogP contribution in [0.25, 0.3) is 0 Å². The summed E-state index contributed by atoms with van der Waals surface area (Å²) in [6, 6.07) is 14.5. The number of carbonyl (C=O) groups excluding carboxylic acids is 1. The van der Waals surface area contributed by atoms with Crippen molar-refractivity contribution >= 4 is 11.6 Å². The van der Waals surface area contributed by atoms with Crippen molar-refractivity contribution in [2.24, 2.45) is 10.6 Å². The first-order chi connectivity index (χ1) is 13.7. The van der Waals surface area contributed by atoms with Gasteiger partial charge >= 0.3 is 0 Å². The molecule has 2 aromatic carbocycles. The van der Waals surface area contributed by atoms with Gasteiger partial charge in [-0.1, -0.05) is 62.3 Å². The largest absolute Gasteiger partial charge is 0.390 e. The van der Waals surface area contributed by atoms with Crippen LogP contribution in [0.15, 0.2) is 53.7 Å². The molecule has 0 saturated heterocycles. The molecule has 2 aromatic rings. The molecule has 4 nitrogen and oxygen atoms in total. The van der Waals surface area contributed by atoms with E-state index in [2.05, 4.69) is 5.16 Å². The van der Waals surface area contributed by atoms with Gasteiger partial charge in [0.25, 0.3) is 0 Å². The highest BCUT2D eigenvalue weighted by molar-refractivity contribution is 6.02. The van der Waals surface area contributed by atoms with Gasteiger partial charge < -0.3 is 9.74 Å². The predicted octanol–water partition coefficient (Wildman–Crippen LogP) is 5.09. The number of rotatable bonds is 6. The van der Waals surface area contributed by atoms with E-state index < -0.39 is 0 Å². The highest BCUT2D eigenvalue weighted by Crippen LogP contribution is 2.24. The second kappa shape index (κ2) is 8.76. The Morgan fingerprint density at radius 3 is 2.66 bits per heavy atom. The second-order valence-corrected chi connectivity index (χ2v) is 8.93. The highest BCUT2D eigenvalue weighted by Gasteiger charge is 2.29. The molecule has 0 saturated carbocycles. The van der Waals surface area contributed by atoms with E-state index >= 15 is 0 Å². The van der Waals surface area contributed by atoms with Gasteiger partial charge in [0.15, 0.2) is 6.10 Å². The molecule has 154 valence electrons. The Balaban J connectivity index is 1.71. The maximum atomic E-state index is 13.6. The van der Waals surface area contributed by atoms with E-state index in [0.29, 0.717) is 25.9 Å². The summed E-state index contributed by atoms with van der Waals surface area (Å²) in [5.41, 5.74) is 3.77. The van der Waals surface area contributed by atoms with Crippen LogP contribution < -0.4 is 0 Å². The molecule has 0 aromatic heterocycles. The maximum Gasteiger partial charge on any atom is 0.223 e. The molecule has 1 amide bonds. The van der Waals surface area contributed by atoms with E-state index in [-0.39, 0.29) is 23.2 Å². The monoisotopic (exact) mass is 396 g/mol. The van der Waals surface area contributed by atoms with Crippen molar-refractivity contribution in [3.63, 3.8) is 0 Å². The van der Waals surface area contributed by atoms with Crippen molar-refractivity contribution in [3.8, 4) is 0 Å². The third kappa shape index (κ3) is 5.89. The van der Waals surface area contributed by atoms with Gasteiger partial charge in [0.1, 0.15) is 5.82 Å². The summed E-state index contributed by atoms with van der Waals surface area (Å²) in [5, 5.41) is 4.28. The Bertz CT molecular complexity index is 902. The van der Waals surface area contributed by atoms with E-state index in [1.165, 1.54) is 12.1 Å². The Labute approximate surface area is 172 Å². The summed E-state index contributed by atoms with van der Waals surface area (Å²) >= 11 is 0. The van der Waals surface area contributed by atoms with Gasteiger partial charge in [0, 0.05) is 24.9 Å². The number of oxime groups is 1. The standard InChI is InChI=1S/C24H29FN2O2/c1-17-8-5-6-11-21(17)22-13-20(29-26-22)16-27(23(28)14-24(2,3)4)15-18-9-7-10-19(25)12-18/h5-12,20H,13-16H2,1-4H3/t20-/m1/s1. The van der Waals surface area contributed by atoms with Crippen molar-refractivity contribution in [2.45, 2.75) is 53.2 Å². The minimum atomic E-state index is -0.298. The van der Waals surface area contributed by atoms with Crippen LogP contribution in [0.3, 0.4) is 0 Å². The van der Waals surface area contributed by atoms with Gasteiger partial charge in [-0.2, -0.15) is 0 Å². The van der Waals surface area contributed by atoms with Gasteiger partial charge in [-0.15, -0.1) is 0 Å². The Kier molecular flexibility index (Phi) is 6.36. The molecule has 1 atom stereocenters. The Morgan fingerprint density at radius 1 is 1.21 bits per heavy atom. The number of hydrogen-bond acceptors (Lipinski definition) is 3. The van der Waals surface area contributed by atoms with Crippen molar-refractivity contribution in [1.82, 2.24) is 4.90 Å². The fourth-order valence-electron chi connectivity index (χ4n) is 3.50. The van der Waals surface area contributed by atoms with Gasteiger partial charge in [-0.3, -0.25) is 4.79 Å². The van der Waals surface area contributed by atoms with Crippen molar-refractivity contribution < 1.29 is 14.0 Å². The topological polar surface area (TPSA) is 41.9 Å². The van der Waals surface area contributed by atoms with Crippen LogP contribution >= 0.6 is 0 Å². The van der Waals surface area contributed by atoms with E-state index in [4.69, 9.17) is 4.84 Å². The smallest absolute Gasteiger partial charge is 0.223 e. The fraction of sp³-hybridized carbons (Fsp3) is 0.417. The molecule has 0 spiro atoms. The molecule has 0 N–H and O–H groups in total. The van der Waals surface area contributed by atoms with Gasteiger partial charge in [-0.05, 0) is 35.6 Å². The number of aryl methyl sites for hydroxylation is 1. The zero-order chi connectivity index (χ0) is 21.0. The summed E-state index contributed by atoms with van der Waals surface area (Å²) in [5.74, 6) is -0.261. The first-order valence-corrected chi connectivity index (χ1v) is 10.0. The molecule has 0 bridgehead atoms. The second-order valence-electron chi connectivity index (χ2n) is 8.93. The number of halogens is 1. The molecule has 0 unspecified atom stereocenters. The summed E-state index contributed by atoms with van der Waals surface area (Å²) < 4.78 is 13.6. The van der Waals surface area contributed by atoms with Crippen LogP contribution in [-0.4, -0.2) is 29.2 Å². The summed E-state index contributed by atoms with van der Waals surface area (Å²) in [6.07, 6.45) is 0.857. The number of hydrogen-bond donors (Lipinski definition) is 0. The lowest BCUT2D eigenvalue weighted by atomic mass is 9.91. The number of nitrogens with zero attached hydrogens (tertiary/aromatic N) is 2. The molecular weight excluding hydrogens is 367 g/mol. The van der Waals surface area contributed by atoms with Crippen LogP contribution in [0.1, 0.15) is 50.3 Å². The Hall–Kier alpha value is -2.69. The molecule has 0 fully saturated rings. The summed E-state index contributed by atoms with van der Waals surface area (Å²) in [4.78, 5) is 20.4. The number of carbonyl (C=O) groups is 1. The minimum Gasteiger partial charge on any atom is -0.390 e. The summed E-state index contributed by atoms with van der Waals surface area (Å²) in [6.45, 7) is 8.94. The number of amides is 1. The van der Waals surface area contributed by atoms with Crippen LogP contribution in [0, 0.1) is 18.2 Å². The minimum absolute atomic E-state index is 0.0368. The van der Waals surface area contributed by atoms with E-state index in [1.807, 2.05) is 58.0 Å². The summed E-state index contributed by atoms with van der Waals surface area (Å²) in [7, 11) is 0. The van der Waals surface area contributed by atoms with Crippen LogP contribution in [-0.2, 0) is 16.2 Å². The van der Waals surface area contributed by atoms with Gasteiger partial charge in [-0.25, -0.2) is 4.39 Å². The molecular formula is C24H29FN2O2. The zero-order valence-corrected chi connectivity index (χ0v) is 17.6. The Morgan fingerprint density at radius 2 is 1.97 bits per heavy atom. The molecule has 3 rings (SSSR count). The van der Waals surface area contributed by atoms with Gasteiger partial charge in [0.05, 0.1) is 12.3 Å². The molecule has 1 heterocycles. The normalized spacial score (nSPS) is 16.3. The third-order valence-electron chi connectivity index (χ3n) is 4.91. The quantitative estimate of drug-likeness (QED) is 0.682. The lowest BCUT2D eigenvalue weighted by Gasteiger charge is -2.28. The SMILES string of the molecule is Cc1ccccc1C1=NO[C@@H](CN(Cc2cccc(F)c2)C(=O)CC(C)(C)C)C1. The average Bonchev–Trinajstić information content (AvgIpc) is 3.08. The molecule has 0 aliphatic carbocycles. The highest BCUT2D eigenvalue weighted by atomic mass is 19.1. The molecule has 1 aliphatic rings. The lowest BCUT2D eigenvalue weighted by molar-refractivity contribution is -0.135. The zero-order valence-electron chi connectivity index (χ0n) is 17.6. The molecule has 0 radical (unpaired) electrons. The van der Waals surface area contributed by atoms with Crippen molar-refractivity contribution in [1.29, 1.82) is 0 Å². The van der Waals surface area contributed by atoms with Gasteiger partial charge in [0.2, 0.25) is 5.91 Å². The van der Waals surface area contributed by atoms with E-state index in [9.17, 15) is 9.18 Å². The van der Waals surface area contributed by atoms with Crippen molar-refractivity contribution in [2.75, 3.05) is 6.54 Å². The first kappa shape index (κ1) is 21.0. The molecule has 29 heavy (non-hydrogen) atoms. The van der Waals surface area contributed by atoms with Crippen LogP contribution in [0.2, 0.25) is 0 Å². The molecule has 5 heteroatoms. The van der Waals surface area contributed by atoms with Crippen LogP contribution in [0.4, 0.5) is 4.39 Å². The fourth-order valence-corrected chi connectivity index (χ4v) is 3.50. The maximum absolute atomic E-state index is 13.6. The molecule has 1 aliphatic heterocycles. The average molecular weight is 397 g/mol. The third-order valence-corrected chi connectivity index (χ3v) is 4.91. The van der Waals surface area contributed by atoms with Crippen molar-refractivity contribution in [3.05, 3.63) is 71.0 Å². The predicted molar refractivity (Wildman–Crippen MR) is 113 cm³/mol. The van der Waals surface area contributed by atoms with E-state index in [0.717, 1.165) is 22.4 Å². The lowest BCUT2D eigenvalue weighted by Crippen LogP contribution is -2.38. The van der Waals surface area contributed by atoms with E-state index in [1.54, 1.807) is 11.0 Å². The number of benzene rings is 2.